The monoisotopic (exact) mass is 336 g/mol. The van der Waals surface area contributed by atoms with Gasteiger partial charge in [-0.3, -0.25) is 4.79 Å². The minimum absolute atomic E-state index is 0.123. The summed E-state index contributed by atoms with van der Waals surface area (Å²) in [4.78, 5) is 11.4. The van der Waals surface area contributed by atoms with Gasteiger partial charge < -0.3 is 10.6 Å². The number of amides is 1. The van der Waals surface area contributed by atoms with Crippen LogP contribution in [0.25, 0.3) is 0 Å². The van der Waals surface area contributed by atoms with Gasteiger partial charge in [-0.05, 0) is 35.9 Å². The van der Waals surface area contributed by atoms with Crippen molar-refractivity contribution in [3.05, 3.63) is 63.9 Å². The maximum Gasteiger partial charge on any atom is 0.251 e. The predicted molar refractivity (Wildman–Crippen MR) is 81.3 cm³/mol. The van der Waals surface area contributed by atoms with Gasteiger partial charge in [-0.25, -0.2) is 4.39 Å². The number of hydrogen-bond donors (Lipinski definition) is 2. The fourth-order valence-electron chi connectivity index (χ4n) is 1.75. The number of benzene rings is 2. The Labute approximate surface area is 125 Å². The molecular formula is C15H14BrFN2O. The van der Waals surface area contributed by atoms with Crippen LogP contribution in [0.1, 0.15) is 15.9 Å². The fraction of sp³-hybridized carbons (Fsp3) is 0.133. The highest BCUT2D eigenvalue weighted by molar-refractivity contribution is 9.10. The molecule has 0 saturated carbocycles. The predicted octanol–water partition coefficient (Wildman–Crippen LogP) is 3.56. The van der Waals surface area contributed by atoms with Gasteiger partial charge >= 0.3 is 0 Å². The summed E-state index contributed by atoms with van der Waals surface area (Å²) in [6.07, 6.45) is 0. The normalized spacial score (nSPS) is 10.2. The van der Waals surface area contributed by atoms with Gasteiger partial charge in [0.1, 0.15) is 5.82 Å². The van der Waals surface area contributed by atoms with Gasteiger partial charge in [0.15, 0.2) is 0 Å². The Morgan fingerprint density at radius 1 is 1.20 bits per heavy atom. The first-order valence-electron chi connectivity index (χ1n) is 6.10. The molecule has 2 aromatic rings. The lowest BCUT2D eigenvalue weighted by Gasteiger charge is -2.08. The number of carbonyl (C=O) groups excluding carboxylic acids is 1. The van der Waals surface area contributed by atoms with E-state index in [1.54, 1.807) is 31.3 Å². The van der Waals surface area contributed by atoms with E-state index in [1.165, 1.54) is 6.07 Å². The molecule has 1 amide bonds. The lowest BCUT2D eigenvalue weighted by molar-refractivity contribution is 0.0963. The first-order valence-corrected chi connectivity index (χ1v) is 6.89. The Morgan fingerprint density at radius 2 is 1.90 bits per heavy atom. The van der Waals surface area contributed by atoms with E-state index < -0.39 is 0 Å². The Bertz CT molecular complexity index is 614. The molecule has 0 atom stereocenters. The summed E-state index contributed by atoms with van der Waals surface area (Å²) in [7, 11) is 1.59. The van der Waals surface area contributed by atoms with Crippen molar-refractivity contribution >= 4 is 27.5 Å². The molecule has 0 spiro atoms. The van der Waals surface area contributed by atoms with Crippen LogP contribution in [0.5, 0.6) is 0 Å². The van der Waals surface area contributed by atoms with Crippen LogP contribution >= 0.6 is 15.9 Å². The standard InChI is InChI=1S/C15H14BrFN2O/c1-18-15(20)11-4-2-10(3-5-11)9-19-14-8-12(16)6-7-13(14)17/h2-8,19H,9H2,1H3,(H,18,20). The van der Waals surface area contributed by atoms with Crippen LogP contribution in [0.3, 0.4) is 0 Å². The van der Waals surface area contributed by atoms with E-state index in [1.807, 2.05) is 12.1 Å². The quantitative estimate of drug-likeness (QED) is 0.896. The van der Waals surface area contributed by atoms with Gasteiger partial charge in [-0.15, -0.1) is 0 Å². The first-order chi connectivity index (χ1) is 9.60. The van der Waals surface area contributed by atoms with Crippen molar-refractivity contribution in [3.63, 3.8) is 0 Å². The summed E-state index contributed by atoms with van der Waals surface area (Å²) in [6.45, 7) is 0.487. The summed E-state index contributed by atoms with van der Waals surface area (Å²) in [5, 5.41) is 5.59. The second kappa shape index (κ2) is 6.52. The lowest BCUT2D eigenvalue weighted by atomic mass is 10.1. The molecule has 0 bridgehead atoms. The number of anilines is 1. The molecule has 0 saturated heterocycles. The maximum atomic E-state index is 13.6. The van der Waals surface area contributed by atoms with Gasteiger partial charge in [0.2, 0.25) is 0 Å². The second-order valence-corrected chi connectivity index (χ2v) is 5.17. The van der Waals surface area contributed by atoms with Crippen LogP contribution in [0.4, 0.5) is 10.1 Å². The van der Waals surface area contributed by atoms with Crippen molar-refractivity contribution < 1.29 is 9.18 Å². The smallest absolute Gasteiger partial charge is 0.251 e. The van der Waals surface area contributed by atoms with Crippen molar-refractivity contribution in [2.75, 3.05) is 12.4 Å². The number of nitrogens with one attached hydrogen (secondary N) is 2. The second-order valence-electron chi connectivity index (χ2n) is 4.25. The number of hydrogen-bond acceptors (Lipinski definition) is 2. The molecule has 0 radical (unpaired) electrons. The molecule has 0 unspecified atom stereocenters. The van der Waals surface area contributed by atoms with Gasteiger partial charge in [0, 0.05) is 23.6 Å². The van der Waals surface area contributed by atoms with E-state index >= 15 is 0 Å². The third-order valence-electron chi connectivity index (χ3n) is 2.85. The van der Waals surface area contributed by atoms with Crippen LogP contribution in [0.15, 0.2) is 46.9 Å². The lowest BCUT2D eigenvalue weighted by Crippen LogP contribution is -2.17. The number of rotatable bonds is 4. The van der Waals surface area contributed by atoms with Crippen LogP contribution in [0.2, 0.25) is 0 Å². The molecule has 0 aliphatic heterocycles. The fourth-order valence-corrected chi connectivity index (χ4v) is 2.11. The zero-order valence-corrected chi connectivity index (χ0v) is 12.5. The van der Waals surface area contributed by atoms with Crippen molar-refractivity contribution in [2.45, 2.75) is 6.54 Å². The minimum Gasteiger partial charge on any atom is -0.379 e. The van der Waals surface area contributed by atoms with E-state index in [0.717, 1.165) is 10.0 Å². The Kier molecular flexibility index (Phi) is 4.74. The highest BCUT2D eigenvalue weighted by atomic mass is 79.9. The summed E-state index contributed by atoms with van der Waals surface area (Å²) in [6, 6.07) is 11.9. The Balaban J connectivity index is 2.04. The average Bonchev–Trinajstić information content (AvgIpc) is 2.48. The van der Waals surface area contributed by atoms with Crippen LogP contribution in [0, 0.1) is 5.82 Å². The van der Waals surface area contributed by atoms with Crippen molar-refractivity contribution in [2.24, 2.45) is 0 Å². The number of carbonyl (C=O) groups is 1. The average molecular weight is 337 g/mol. The molecule has 0 heterocycles. The topological polar surface area (TPSA) is 41.1 Å². The molecule has 2 aromatic carbocycles. The molecule has 104 valence electrons. The third kappa shape index (κ3) is 3.57. The third-order valence-corrected chi connectivity index (χ3v) is 3.35. The Morgan fingerprint density at radius 3 is 2.55 bits per heavy atom. The highest BCUT2D eigenvalue weighted by Gasteiger charge is 2.04. The maximum absolute atomic E-state index is 13.6. The molecule has 0 aliphatic carbocycles. The summed E-state index contributed by atoms with van der Waals surface area (Å²) in [5.74, 6) is -0.419. The van der Waals surface area contributed by atoms with E-state index in [9.17, 15) is 9.18 Å². The molecular weight excluding hydrogens is 323 g/mol. The summed E-state index contributed by atoms with van der Waals surface area (Å²) >= 11 is 3.30. The van der Waals surface area contributed by atoms with E-state index in [-0.39, 0.29) is 11.7 Å². The highest BCUT2D eigenvalue weighted by Crippen LogP contribution is 2.20. The Hall–Kier alpha value is -1.88. The zero-order valence-electron chi connectivity index (χ0n) is 10.9. The largest absolute Gasteiger partial charge is 0.379 e. The van der Waals surface area contributed by atoms with Crippen LogP contribution in [-0.2, 0) is 6.54 Å². The SMILES string of the molecule is CNC(=O)c1ccc(CNc2cc(Br)ccc2F)cc1. The molecule has 20 heavy (non-hydrogen) atoms. The first kappa shape index (κ1) is 14.5. The van der Waals surface area contributed by atoms with Gasteiger partial charge in [-0.1, -0.05) is 28.1 Å². The van der Waals surface area contributed by atoms with E-state index in [2.05, 4.69) is 26.6 Å². The molecule has 2 rings (SSSR count). The van der Waals surface area contributed by atoms with Gasteiger partial charge in [0.25, 0.3) is 5.91 Å². The minimum atomic E-state index is -0.296. The van der Waals surface area contributed by atoms with Gasteiger partial charge in [0.05, 0.1) is 5.69 Å². The summed E-state index contributed by atoms with van der Waals surface area (Å²) in [5.41, 5.74) is 2.01. The zero-order chi connectivity index (χ0) is 14.5. The van der Waals surface area contributed by atoms with Crippen LogP contribution < -0.4 is 10.6 Å². The molecule has 0 fully saturated rings. The molecule has 3 nitrogen and oxygen atoms in total. The molecule has 2 N–H and O–H groups in total. The molecule has 5 heteroatoms. The van der Waals surface area contributed by atoms with Gasteiger partial charge in [-0.2, -0.15) is 0 Å². The number of halogens is 2. The van der Waals surface area contributed by atoms with Crippen molar-refractivity contribution in [3.8, 4) is 0 Å². The van der Waals surface area contributed by atoms with E-state index in [4.69, 9.17) is 0 Å². The van der Waals surface area contributed by atoms with E-state index in [0.29, 0.717) is 17.8 Å². The molecule has 0 aliphatic rings. The van der Waals surface area contributed by atoms with Crippen LogP contribution in [-0.4, -0.2) is 13.0 Å². The van der Waals surface area contributed by atoms with Crippen molar-refractivity contribution in [1.82, 2.24) is 5.32 Å². The van der Waals surface area contributed by atoms with Crippen molar-refractivity contribution in [1.29, 1.82) is 0 Å². The summed E-state index contributed by atoms with van der Waals surface area (Å²) < 4.78 is 14.4. The molecule has 0 aromatic heterocycles.